The zero-order chi connectivity index (χ0) is 21.9. The lowest BCUT2D eigenvalue weighted by Gasteiger charge is -2.23. The van der Waals surface area contributed by atoms with Crippen molar-refractivity contribution in [3.8, 4) is 6.07 Å². The van der Waals surface area contributed by atoms with E-state index in [0.29, 0.717) is 13.0 Å². The van der Waals surface area contributed by atoms with Crippen LogP contribution in [0.4, 0.5) is 11.4 Å². The third-order valence-electron chi connectivity index (χ3n) is 3.71. The molecule has 0 bridgehead atoms. The van der Waals surface area contributed by atoms with E-state index >= 15 is 0 Å². The molecule has 0 atom stereocenters. The van der Waals surface area contributed by atoms with Gasteiger partial charge in [-0.3, -0.25) is 13.7 Å². The standard InChI is InChI=1S/C19H23N4.CH4O4S/c1-23(2,3)19-12-10-17(11-13-19)16-21-22(15-7-14-20)18-8-5-4-6-9-18;1-5-6(2,3)4/h4-6,8-13,16H,7,15H2,1-3H3;1H3,(H,2,3,4)/q+1;/p-1/b21-16+;. The van der Waals surface area contributed by atoms with Crippen molar-refractivity contribution in [1.82, 2.24) is 4.48 Å². The molecule has 0 heterocycles. The molecule has 29 heavy (non-hydrogen) atoms. The monoisotopic (exact) mass is 418 g/mol. The molecule has 0 aromatic heterocycles. The van der Waals surface area contributed by atoms with Crippen LogP contribution in [0.1, 0.15) is 12.0 Å². The minimum atomic E-state index is -4.41. The predicted octanol–water partition coefficient (Wildman–Crippen LogP) is 2.73. The van der Waals surface area contributed by atoms with E-state index in [0.717, 1.165) is 22.8 Å². The summed E-state index contributed by atoms with van der Waals surface area (Å²) < 4.78 is 31.8. The first kappa shape index (κ1) is 24.3. The molecule has 2 aromatic carbocycles. The van der Waals surface area contributed by atoms with Crippen molar-refractivity contribution in [1.29, 1.82) is 5.26 Å². The minimum absolute atomic E-state index is 0.437. The summed E-state index contributed by atoms with van der Waals surface area (Å²) in [6.07, 6.45) is 2.27. The summed E-state index contributed by atoms with van der Waals surface area (Å²) in [4.78, 5) is 0. The molecule has 156 valence electrons. The van der Waals surface area contributed by atoms with E-state index in [1.807, 2.05) is 41.6 Å². The van der Waals surface area contributed by atoms with Gasteiger partial charge in [0.25, 0.3) is 0 Å². The maximum atomic E-state index is 9.22. The van der Waals surface area contributed by atoms with Crippen molar-refractivity contribution in [2.45, 2.75) is 6.42 Å². The summed E-state index contributed by atoms with van der Waals surface area (Å²) in [7, 11) is 2.82. The molecule has 9 heteroatoms. The quantitative estimate of drug-likeness (QED) is 0.225. The van der Waals surface area contributed by atoms with Crippen LogP contribution in [0, 0.1) is 11.3 Å². The van der Waals surface area contributed by atoms with Crippen LogP contribution in [0.3, 0.4) is 0 Å². The summed E-state index contributed by atoms with van der Waals surface area (Å²) >= 11 is 0. The minimum Gasteiger partial charge on any atom is -0.726 e. The van der Waals surface area contributed by atoms with Crippen LogP contribution in [0.15, 0.2) is 59.7 Å². The van der Waals surface area contributed by atoms with Crippen LogP contribution in [-0.4, -0.2) is 54.0 Å². The van der Waals surface area contributed by atoms with Gasteiger partial charge in [0, 0.05) is 0 Å². The molecule has 0 aliphatic rings. The van der Waals surface area contributed by atoms with Gasteiger partial charge in [-0.1, -0.05) is 18.2 Å². The van der Waals surface area contributed by atoms with E-state index in [2.05, 4.69) is 60.8 Å². The molecule has 0 saturated heterocycles. The maximum absolute atomic E-state index is 9.22. The van der Waals surface area contributed by atoms with Crippen molar-refractivity contribution >= 4 is 28.0 Å². The molecular formula is C20H26N4O4S. The Morgan fingerprint density at radius 1 is 1.14 bits per heavy atom. The van der Waals surface area contributed by atoms with Gasteiger partial charge in [0.05, 0.1) is 59.2 Å². The molecule has 2 rings (SSSR count). The summed E-state index contributed by atoms with van der Waals surface area (Å²) in [5, 5.41) is 15.2. The Balaban J connectivity index is 0.000000612. The van der Waals surface area contributed by atoms with Gasteiger partial charge < -0.3 is 4.55 Å². The second-order valence-electron chi connectivity index (χ2n) is 6.79. The van der Waals surface area contributed by atoms with Gasteiger partial charge in [-0.25, -0.2) is 8.42 Å². The van der Waals surface area contributed by atoms with Gasteiger partial charge in [0.15, 0.2) is 0 Å². The third-order valence-corrected chi connectivity index (χ3v) is 4.12. The third kappa shape index (κ3) is 9.82. The van der Waals surface area contributed by atoms with E-state index < -0.39 is 10.4 Å². The first-order valence-corrected chi connectivity index (χ1v) is 10.1. The molecule has 0 spiro atoms. The smallest absolute Gasteiger partial charge is 0.217 e. The second-order valence-corrected chi connectivity index (χ2v) is 7.94. The topological polar surface area (TPSA) is 106 Å². The van der Waals surface area contributed by atoms with Crippen molar-refractivity contribution in [2.75, 3.05) is 39.8 Å². The zero-order valence-electron chi connectivity index (χ0n) is 17.0. The van der Waals surface area contributed by atoms with Crippen LogP contribution < -0.4 is 9.49 Å². The van der Waals surface area contributed by atoms with Gasteiger partial charge in [-0.15, -0.1) is 0 Å². The molecule has 0 unspecified atom stereocenters. The molecule has 0 radical (unpaired) electrons. The first-order valence-electron chi connectivity index (χ1n) is 8.74. The Morgan fingerprint density at radius 2 is 1.69 bits per heavy atom. The van der Waals surface area contributed by atoms with Crippen LogP contribution >= 0.6 is 0 Å². The molecule has 0 fully saturated rings. The van der Waals surface area contributed by atoms with Gasteiger partial charge >= 0.3 is 0 Å². The molecule has 8 nitrogen and oxygen atoms in total. The van der Waals surface area contributed by atoms with Crippen LogP contribution in [0.25, 0.3) is 0 Å². The van der Waals surface area contributed by atoms with Crippen LogP contribution in [-0.2, 0) is 14.6 Å². The van der Waals surface area contributed by atoms with Gasteiger partial charge in [0.1, 0.15) is 5.69 Å². The number of rotatable bonds is 7. The second kappa shape index (κ2) is 11.3. The van der Waals surface area contributed by atoms with Crippen molar-refractivity contribution in [3.63, 3.8) is 0 Å². The fourth-order valence-corrected chi connectivity index (χ4v) is 2.15. The number of benzene rings is 2. The Kier molecular flexibility index (Phi) is 9.44. The molecule has 0 saturated carbocycles. The fraction of sp³-hybridized carbons (Fsp3) is 0.300. The van der Waals surface area contributed by atoms with Crippen molar-refractivity contribution in [3.05, 3.63) is 60.2 Å². The first-order chi connectivity index (χ1) is 13.6. The number of hydrogen-bond donors (Lipinski definition) is 0. The fourth-order valence-electron chi connectivity index (χ4n) is 2.15. The van der Waals surface area contributed by atoms with Crippen LogP contribution in [0.2, 0.25) is 0 Å². The summed E-state index contributed by atoms with van der Waals surface area (Å²) in [6.45, 7) is 0.577. The highest BCUT2D eigenvalue weighted by Gasteiger charge is 2.10. The molecule has 0 aliphatic heterocycles. The zero-order valence-corrected chi connectivity index (χ0v) is 17.8. The average Bonchev–Trinajstić information content (AvgIpc) is 2.68. The summed E-state index contributed by atoms with van der Waals surface area (Å²) in [5.41, 5.74) is 3.27. The number of anilines is 1. The maximum Gasteiger partial charge on any atom is 0.217 e. The normalized spacial score (nSPS) is 11.4. The van der Waals surface area contributed by atoms with E-state index in [4.69, 9.17) is 5.26 Å². The number of nitriles is 1. The largest absolute Gasteiger partial charge is 0.726 e. The number of para-hydroxylation sites is 1. The highest BCUT2D eigenvalue weighted by molar-refractivity contribution is 7.80. The van der Waals surface area contributed by atoms with E-state index in [-0.39, 0.29) is 0 Å². The highest BCUT2D eigenvalue weighted by atomic mass is 32.3. The Hall–Kier alpha value is -2.77. The molecular weight excluding hydrogens is 392 g/mol. The van der Waals surface area contributed by atoms with Crippen molar-refractivity contribution in [2.24, 2.45) is 5.10 Å². The SMILES string of the molecule is COS(=O)(=O)[O-].C[N+](C)(C)c1ccc(/C=N/N(CCC#N)c2ccccc2)cc1. The molecule has 0 amide bonds. The summed E-state index contributed by atoms with van der Waals surface area (Å²) in [5.74, 6) is 0. The van der Waals surface area contributed by atoms with E-state index in [1.54, 1.807) is 0 Å². The predicted molar refractivity (Wildman–Crippen MR) is 114 cm³/mol. The highest BCUT2D eigenvalue weighted by Crippen LogP contribution is 2.17. The number of hydrogen-bond acceptors (Lipinski definition) is 7. The number of hydrazone groups is 1. The summed E-state index contributed by atoms with van der Waals surface area (Å²) in [6, 6.07) is 20.4. The Bertz CT molecular complexity index is 916. The lowest BCUT2D eigenvalue weighted by atomic mass is 10.2. The number of quaternary nitrogens is 1. The van der Waals surface area contributed by atoms with Crippen LogP contribution in [0.5, 0.6) is 0 Å². The van der Waals surface area contributed by atoms with Crippen molar-refractivity contribution < 1.29 is 17.2 Å². The van der Waals surface area contributed by atoms with Gasteiger partial charge in [-0.2, -0.15) is 10.4 Å². The lowest BCUT2D eigenvalue weighted by Crippen LogP contribution is -2.34. The Morgan fingerprint density at radius 3 is 2.14 bits per heavy atom. The van der Waals surface area contributed by atoms with E-state index in [9.17, 15) is 13.0 Å². The number of nitrogens with zero attached hydrogens (tertiary/aromatic N) is 4. The Labute approximate surface area is 172 Å². The molecule has 0 aliphatic carbocycles. The average molecular weight is 419 g/mol. The lowest BCUT2D eigenvalue weighted by molar-refractivity contribution is 0.314. The van der Waals surface area contributed by atoms with E-state index in [1.165, 1.54) is 5.69 Å². The molecule has 2 aromatic rings. The molecule has 0 N–H and O–H groups in total. The van der Waals surface area contributed by atoms with Gasteiger partial charge in [-0.05, 0) is 42.0 Å². The van der Waals surface area contributed by atoms with Gasteiger partial charge in [0.2, 0.25) is 10.4 Å².